The smallest absolute Gasteiger partial charge is 0.258 e. The van der Waals surface area contributed by atoms with E-state index in [-0.39, 0.29) is 10.7 Å². The van der Waals surface area contributed by atoms with Gasteiger partial charge < -0.3 is 0 Å². The molecule has 0 aliphatic heterocycles. The molecule has 6 heteroatoms. The Labute approximate surface area is 127 Å². The highest BCUT2D eigenvalue weighted by molar-refractivity contribution is 14.1. The second-order valence-corrected chi connectivity index (χ2v) is 6.23. The summed E-state index contributed by atoms with van der Waals surface area (Å²) in [6.45, 7) is 0. The fourth-order valence-corrected chi connectivity index (χ4v) is 2.87. The van der Waals surface area contributed by atoms with Crippen molar-refractivity contribution in [3.8, 4) is 0 Å². The third-order valence-electron chi connectivity index (χ3n) is 2.17. The van der Waals surface area contributed by atoms with Gasteiger partial charge in [-0.25, -0.2) is 0 Å². The van der Waals surface area contributed by atoms with E-state index in [0.29, 0.717) is 0 Å². The van der Waals surface area contributed by atoms with Crippen LogP contribution in [-0.2, 0) is 0 Å². The summed E-state index contributed by atoms with van der Waals surface area (Å²) in [4.78, 5) is 12.1. The van der Waals surface area contributed by atoms with Crippen LogP contribution in [0.3, 0.4) is 0 Å². The topological polar surface area (TPSA) is 43.1 Å². The Bertz CT molecular complexity index is 589. The number of benzene rings is 2. The zero-order valence-corrected chi connectivity index (χ0v) is 12.7. The number of hydrogen-bond donors (Lipinski definition) is 0. The first kappa shape index (κ1) is 13.6. The van der Waals surface area contributed by atoms with E-state index >= 15 is 0 Å². The number of rotatable bonds is 3. The van der Waals surface area contributed by atoms with Crippen LogP contribution in [0.1, 0.15) is 0 Å². The van der Waals surface area contributed by atoms with Crippen molar-refractivity contribution in [2.45, 2.75) is 9.79 Å². The van der Waals surface area contributed by atoms with Crippen LogP contribution in [0.5, 0.6) is 0 Å². The lowest BCUT2D eigenvalue weighted by Gasteiger charge is -2.03. The second-order valence-electron chi connectivity index (χ2n) is 3.43. The van der Waals surface area contributed by atoms with Gasteiger partial charge in [-0.05, 0) is 59.0 Å². The summed E-state index contributed by atoms with van der Waals surface area (Å²) in [5.41, 5.74) is -0.0661. The fraction of sp³-hybridized carbons (Fsp3) is 0. The molecule has 0 aromatic heterocycles. The van der Waals surface area contributed by atoms with Crippen molar-refractivity contribution in [1.82, 2.24) is 0 Å². The summed E-state index contributed by atoms with van der Waals surface area (Å²) in [7, 11) is 0. The minimum absolute atomic E-state index is 0.0661. The largest absolute Gasteiger partial charge is 0.287 e. The van der Waals surface area contributed by atoms with Gasteiger partial charge in [0.15, 0.2) is 0 Å². The Morgan fingerprint density at radius 2 is 1.72 bits per heavy atom. The number of hydrogen-bond acceptors (Lipinski definition) is 3. The van der Waals surface area contributed by atoms with Gasteiger partial charge in [-0.1, -0.05) is 23.4 Å². The molecule has 0 bridgehead atoms. The third kappa shape index (κ3) is 3.37. The minimum atomic E-state index is -0.484. The van der Waals surface area contributed by atoms with E-state index in [1.54, 1.807) is 12.1 Å². The fourth-order valence-electron chi connectivity index (χ4n) is 1.34. The molecule has 2 aromatic carbocycles. The normalized spacial score (nSPS) is 10.3. The van der Waals surface area contributed by atoms with Crippen LogP contribution in [0.15, 0.2) is 52.3 Å². The van der Waals surface area contributed by atoms with Crippen molar-refractivity contribution >= 4 is 51.6 Å². The van der Waals surface area contributed by atoms with Gasteiger partial charge in [-0.15, -0.1) is 0 Å². The van der Waals surface area contributed by atoms with Crippen molar-refractivity contribution in [2.24, 2.45) is 0 Å². The van der Waals surface area contributed by atoms with E-state index in [1.165, 1.54) is 21.4 Å². The highest BCUT2D eigenvalue weighted by atomic mass is 127. The standard InChI is InChI=1S/C12H7ClINO2S/c13-11-7-10(5-6-12(11)15(16)17)18-9-3-1-8(14)2-4-9/h1-7H. The van der Waals surface area contributed by atoms with Crippen molar-refractivity contribution in [3.05, 3.63) is 61.2 Å². The molecule has 0 aliphatic carbocycles. The molecule has 2 rings (SSSR count). The van der Waals surface area contributed by atoms with Crippen LogP contribution in [0.2, 0.25) is 5.02 Å². The lowest BCUT2D eigenvalue weighted by molar-refractivity contribution is -0.384. The Morgan fingerprint density at radius 3 is 2.28 bits per heavy atom. The quantitative estimate of drug-likeness (QED) is 0.420. The Morgan fingerprint density at radius 1 is 1.11 bits per heavy atom. The van der Waals surface area contributed by atoms with Gasteiger partial charge in [0.2, 0.25) is 0 Å². The summed E-state index contributed by atoms with van der Waals surface area (Å²) in [5.74, 6) is 0. The Balaban J connectivity index is 2.22. The average Bonchev–Trinajstić information content (AvgIpc) is 2.32. The third-order valence-corrected chi connectivity index (χ3v) is 4.18. The molecular weight excluding hydrogens is 385 g/mol. The molecule has 0 amide bonds. The first-order valence-corrected chi connectivity index (χ1v) is 7.21. The SMILES string of the molecule is O=[N+]([O-])c1ccc(Sc2ccc(I)cc2)cc1Cl. The van der Waals surface area contributed by atoms with Gasteiger partial charge >= 0.3 is 0 Å². The van der Waals surface area contributed by atoms with Gasteiger partial charge in [0.25, 0.3) is 5.69 Å². The summed E-state index contributed by atoms with van der Waals surface area (Å²) in [6, 6.07) is 12.8. The highest BCUT2D eigenvalue weighted by Crippen LogP contribution is 2.33. The first-order valence-electron chi connectivity index (χ1n) is 4.93. The molecule has 0 heterocycles. The molecule has 3 nitrogen and oxygen atoms in total. The van der Waals surface area contributed by atoms with E-state index in [1.807, 2.05) is 24.3 Å². The molecular formula is C12H7ClINO2S. The van der Waals surface area contributed by atoms with Crippen molar-refractivity contribution < 1.29 is 4.92 Å². The van der Waals surface area contributed by atoms with Crippen LogP contribution in [-0.4, -0.2) is 4.92 Å². The summed E-state index contributed by atoms with van der Waals surface area (Å²) < 4.78 is 1.17. The van der Waals surface area contributed by atoms with Crippen LogP contribution >= 0.6 is 46.0 Å². The van der Waals surface area contributed by atoms with E-state index in [2.05, 4.69) is 22.6 Å². The molecule has 18 heavy (non-hydrogen) atoms. The molecule has 0 radical (unpaired) electrons. The molecule has 0 spiro atoms. The van der Waals surface area contributed by atoms with Crippen LogP contribution < -0.4 is 0 Å². The van der Waals surface area contributed by atoms with Crippen molar-refractivity contribution in [1.29, 1.82) is 0 Å². The maximum Gasteiger partial charge on any atom is 0.287 e. The summed E-state index contributed by atoms with van der Waals surface area (Å²) >= 11 is 9.62. The number of nitro groups is 1. The maximum absolute atomic E-state index is 10.6. The second kappa shape index (κ2) is 5.90. The Kier molecular flexibility index (Phi) is 4.47. The van der Waals surface area contributed by atoms with Gasteiger partial charge in [0.05, 0.1) is 4.92 Å². The molecule has 0 aliphatic rings. The lowest BCUT2D eigenvalue weighted by Crippen LogP contribution is -1.88. The first-order chi connectivity index (χ1) is 8.56. The van der Waals surface area contributed by atoms with Gasteiger partial charge in [0, 0.05) is 19.4 Å². The van der Waals surface area contributed by atoms with Gasteiger partial charge in [0.1, 0.15) is 5.02 Å². The number of halogens is 2. The van der Waals surface area contributed by atoms with E-state index in [4.69, 9.17) is 11.6 Å². The van der Waals surface area contributed by atoms with Crippen LogP contribution in [0.25, 0.3) is 0 Å². The predicted octanol–water partition coefficient (Wildman–Crippen LogP) is 5.00. The Hall–Kier alpha value is -0.790. The monoisotopic (exact) mass is 391 g/mol. The average molecular weight is 392 g/mol. The zero-order valence-electron chi connectivity index (χ0n) is 8.97. The molecule has 0 saturated carbocycles. The molecule has 0 atom stereocenters. The number of nitro benzene ring substituents is 1. The number of nitrogens with zero attached hydrogens (tertiary/aromatic N) is 1. The summed E-state index contributed by atoms with van der Waals surface area (Å²) in [5, 5.41) is 10.8. The van der Waals surface area contributed by atoms with Crippen LogP contribution in [0.4, 0.5) is 5.69 Å². The highest BCUT2D eigenvalue weighted by Gasteiger charge is 2.12. The molecule has 0 N–H and O–H groups in total. The molecule has 92 valence electrons. The lowest BCUT2D eigenvalue weighted by atomic mass is 10.3. The van der Waals surface area contributed by atoms with Gasteiger partial charge in [-0.2, -0.15) is 0 Å². The molecule has 0 saturated heterocycles. The van der Waals surface area contributed by atoms with E-state index in [9.17, 15) is 10.1 Å². The van der Waals surface area contributed by atoms with Crippen LogP contribution in [0, 0.1) is 13.7 Å². The van der Waals surface area contributed by atoms with Gasteiger partial charge in [-0.3, -0.25) is 10.1 Å². The minimum Gasteiger partial charge on any atom is -0.258 e. The zero-order chi connectivity index (χ0) is 13.1. The van der Waals surface area contributed by atoms with Crippen molar-refractivity contribution in [2.75, 3.05) is 0 Å². The molecule has 2 aromatic rings. The predicted molar refractivity (Wildman–Crippen MR) is 81.4 cm³/mol. The van der Waals surface area contributed by atoms with E-state index < -0.39 is 4.92 Å². The van der Waals surface area contributed by atoms with Crippen molar-refractivity contribution in [3.63, 3.8) is 0 Å². The molecule has 0 fully saturated rings. The summed E-state index contributed by atoms with van der Waals surface area (Å²) in [6.07, 6.45) is 0. The molecule has 0 unspecified atom stereocenters. The maximum atomic E-state index is 10.6. The van der Waals surface area contributed by atoms with E-state index in [0.717, 1.165) is 9.79 Å².